The Morgan fingerprint density at radius 2 is 1.79 bits per heavy atom. The first kappa shape index (κ1) is 31.2. The van der Waals surface area contributed by atoms with Gasteiger partial charge in [0, 0.05) is 41.2 Å². The summed E-state index contributed by atoms with van der Waals surface area (Å²) in [6.45, 7) is -0.452. The molecule has 1 amide bonds. The number of benzene rings is 3. The van der Waals surface area contributed by atoms with Gasteiger partial charge in [0.05, 0.1) is 25.9 Å². The summed E-state index contributed by atoms with van der Waals surface area (Å²) in [5.74, 6) is 0.197. The van der Waals surface area contributed by atoms with E-state index in [1.54, 1.807) is 48.5 Å². The number of aliphatic hydroxyl groups excluding tert-OH is 3. The number of hydrogen-bond acceptors (Lipinski definition) is 9. The third kappa shape index (κ3) is 7.77. The van der Waals surface area contributed by atoms with E-state index >= 15 is 0 Å². The molecular formula is C31H34N6O6. The zero-order chi connectivity index (χ0) is 30.5. The topological polar surface area (TPSA) is 181 Å². The number of carbonyl (C=O) groups excluding carboxylic acids is 1. The van der Waals surface area contributed by atoms with Crippen LogP contribution in [0.4, 0.5) is 5.69 Å². The van der Waals surface area contributed by atoms with Crippen molar-refractivity contribution in [2.45, 2.75) is 30.5 Å². The summed E-state index contributed by atoms with van der Waals surface area (Å²) >= 11 is 0. The number of ether oxygens (including phenoxy) is 2. The third-order valence-corrected chi connectivity index (χ3v) is 6.77. The van der Waals surface area contributed by atoms with Crippen LogP contribution in [0.15, 0.2) is 95.0 Å². The van der Waals surface area contributed by atoms with Gasteiger partial charge in [0.15, 0.2) is 11.6 Å². The van der Waals surface area contributed by atoms with Crippen LogP contribution < -0.4 is 15.6 Å². The van der Waals surface area contributed by atoms with E-state index in [9.17, 15) is 20.5 Å². The van der Waals surface area contributed by atoms with E-state index in [-0.39, 0.29) is 24.6 Å². The fourth-order valence-electron chi connectivity index (χ4n) is 4.50. The lowest BCUT2D eigenvalue weighted by Gasteiger charge is -2.31. The molecule has 0 fully saturated rings. The van der Waals surface area contributed by atoms with Gasteiger partial charge in [-0.3, -0.25) is 10.2 Å². The van der Waals surface area contributed by atoms with Crippen molar-refractivity contribution in [1.82, 2.24) is 10.9 Å². The van der Waals surface area contributed by atoms with Crippen LogP contribution in [-0.4, -0.2) is 65.1 Å². The van der Waals surface area contributed by atoms with Gasteiger partial charge in [-0.05, 0) is 35.4 Å². The molecule has 5 N–H and O–H groups in total. The maximum absolute atomic E-state index is 14.1. The maximum atomic E-state index is 14.1. The molecule has 0 unspecified atom stereocenters. The molecule has 4 rings (SSSR count). The highest BCUT2D eigenvalue weighted by molar-refractivity contribution is 6.01. The number of carbonyl (C=O) groups is 1. The molecule has 43 heavy (non-hydrogen) atoms. The van der Waals surface area contributed by atoms with Crippen LogP contribution >= 0.6 is 0 Å². The largest absolute Gasteiger partial charge is 0.494 e. The number of aliphatic imine (C=N–C) groups is 1. The Morgan fingerprint density at radius 1 is 1.07 bits per heavy atom. The van der Waals surface area contributed by atoms with Gasteiger partial charge in [-0.1, -0.05) is 71.9 Å². The summed E-state index contributed by atoms with van der Waals surface area (Å²) < 4.78 is 12.1. The van der Waals surface area contributed by atoms with Crippen LogP contribution in [0.5, 0.6) is 5.75 Å². The third-order valence-electron chi connectivity index (χ3n) is 6.77. The zero-order valence-corrected chi connectivity index (χ0v) is 23.4. The Kier molecular flexibility index (Phi) is 11.3. The number of azide groups is 1. The second kappa shape index (κ2) is 15.5. The Hall–Kier alpha value is -4.71. The number of rotatable bonds is 15. The molecule has 0 spiro atoms. The molecule has 0 bridgehead atoms. The van der Waals surface area contributed by atoms with E-state index in [0.717, 1.165) is 5.56 Å². The Bertz CT molecular complexity index is 1460. The first-order valence-corrected chi connectivity index (χ1v) is 13.8. The molecule has 224 valence electrons. The minimum Gasteiger partial charge on any atom is -0.494 e. The molecular weight excluding hydrogens is 552 g/mol. The van der Waals surface area contributed by atoms with Crippen LogP contribution in [0.2, 0.25) is 0 Å². The quantitative estimate of drug-likeness (QED) is 0.0591. The maximum Gasteiger partial charge on any atom is 0.266 e. The van der Waals surface area contributed by atoms with Gasteiger partial charge in [-0.2, -0.15) is 0 Å². The van der Waals surface area contributed by atoms with Crippen molar-refractivity contribution in [2.75, 3.05) is 26.4 Å². The fraction of sp³-hybridized carbons (Fsp3) is 0.290. The van der Waals surface area contributed by atoms with Gasteiger partial charge in [0.2, 0.25) is 5.90 Å². The molecule has 3 aromatic carbocycles. The predicted octanol–water partition coefficient (Wildman–Crippen LogP) is 3.72. The van der Waals surface area contributed by atoms with E-state index in [1.165, 1.54) is 0 Å². The number of hydrazine groups is 1. The molecule has 1 aliphatic rings. The van der Waals surface area contributed by atoms with Crippen molar-refractivity contribution in [3.05, 3.63) is 112 Å². The van der Waals surface area contributed by atoms with E-state index in [0.29, 0.717) is 29.9 Å². The van der Waals surface area contributed by atoms with Gasteiger partial charge < -0.3 is 24.8 Å². The Balaban J connectivity index is 1.79. The van der Waals surface area contributed by atoms with Crippen molar-refractivity contribution in [2.24, 2.45) is 10.1 Å². The molecule has 0 saturated heterocycles. The number of amides is 1. The minimum atomic E-state index is -1.60. The molecule has 0 saturated carbocycles. The van der Waals surface area contributed by atoms with Gasteiger partial charge in [-0.15, -0.1) is 0 Å². The predicted molar refractivity (Wildman–Crippen MR) is 161 cm³/mol. The van der Waals surface area contributed by atoms with Crippen molar-refractivity contribution in [1.29, 1.82) is 0 Å². The van der Waals surface area contributed by atoms with E-state index in [2.05, 4.69) is 20.9 Å². The van der Waals surface area contributed by atoms with E-state index < -0.39 is 36.8 Å². The molecule has 0 aromatic heterocycles. The highest BCUT2D eigenvalue weighted by Gasteiger charge is 2.53. The van der Waals surface area contributed by atoms with Crippen molar-refractivity contribution < 1.29 is 29.6 Å². The second-order valence-electron chi connectivity index (χ2n) is 9.72. The summed E-state index contributed by atoms with van der Waals surface area (Å²) in [6, 6.07) is 22.6. The van der Waals surface area contributed by atoms with Crippen LogP contribution in [0.25, 0.3) is 16.5 Å². The highest BCUT2D eigenvalue weighted by atomic mass is 16.5. The SMILES string of the molecule is [N-]=[N+]=Nc1ccccc1[C@@H]1OC(c2ccc(OCCCO)cc2)=N[C@]1(C/C=C/c1ccccc1)C(=O)NNC(CO)CO. The average Bonchev–Trinajstić information content (AvgIpc) is 3.43. The second-order valence-corrected chi connectivity index (χ2v) is 9.72. The van der Waals surface area contributed by atoms with Crippen molar-refractivity contribution in [3.8, 4) is 5.75 Å². The summed E-state index contributed by atoms with van der Waals surface area (Å²) in [5.41, 5.74) is 15.1. The van der Waals surface area contributed by atoms with Crippen molar-refractivity contribution in [3.63, 3.8) is 0 Å². The molecule has 0 radical (unpaired) electrons. The summed E-state index contributed by atoms with van der Waals surface area (Å²) in [4.78, 5) is 21.9. The van der Waals surface area contributed by atoms with Crippen LogP contribution in [-0.2, 0) is 9.53 Å². The first-order valence-electron chi connectivity index (χ1n) is 13.8. The summed E-state index contributed by atoms with van der Waals surface area (Å²) in [5, 5.41) is 31.9. The smallest absolute Gasteiger partial charge is 0.266 e. The van der Waals surface area contributed by atoms with Crippen LogP contribution in [0.1, 0.15) is 35.6 Å². The van der Waals surface area contributed by atoms with E-state index in [1.807, 2.05) is 42.5 Å². The Labute approximate surface area is 248 Å². The van der Waals surface area contributed by atoms with Gasteiger partial charge in [0.1, 0.15) is 5.75 Å². The Morgan fingerprint density at radius 3 is 2.49 bits per heavy atom. The first-order chi connectivity index (χ1) is 21.0. The normalized spacial score (nSPS) is 17.8. The van der Waals surface area contributed by atoms with Gasteiger partial charge in [0.25, 0.3) is 5.91 Å². The average molecular weight is 587 g/mol. The molecule has 2 atom stereocenters. The monoisotopic (exact) mass is 586 g/mol. The van der Waals surface area contributed by atoms with E-state index in [4.69, 9.17) is 19.6 Å². The summed E-state index contributed by atoms with van der Waals surface area (Å²) in [7, 11) is 0. The molecule has 12 heteroatoms. The van der Waals surface area contributed by atoms with Gasteiger partial charge >= 0.3 is 0 Å². The number of hydrogen-bond donors (Lipinski definition) is 5. The minimum absolute atomic E-state index is 0.0243. The molecule has 1 aliphatic heterocycles. The molecule has 0 aliphatic carbocycles. The highest BCUT2D eigenvalue weighted by Crippen LogP contribution is 2.45. The summed E-state index contributed by atoms with van der Waals surface area (Å²) in [6.07, 6.45) is 3.25. The number of nitrogens with zero attached hydrogens (tertiary/aromatic N) is 4. The molecule has 12 nitrogen and oxygen atoms in total. The lowest BCUT2D eigenvalue weighted by atomic mass is 9.83. The molecule has 1 heterocycles. The zero-order valence-electron chi connectivity index (χ0n) is 23.4. The van der Waals surface area contributed by atoms with Gasteiger partial charge in [-0.25, -0.2) is 10.4 Å². The number of nitrogens with one attached hydrogen (secondary N) is 2. The molecule has 3 aromatic rings. The standard InChI is InChI=1S/C31H34N6O6/c32-37-35-27-12-5-4-11-26(27)28-31(30(41)36-34-24(20-39)21-40,17-6-10-22-8-2-1-3-9-22)33-29(43-28)23-13-15-25(16-14-23)42-19-7-18-38/h1-6,8-16,24,28,34,38-40H,7,17-21H2,(H,36,41)/b10-6+/t28-,31-/m0/s1. The lowest BCUT2D eigenvalue weighted by molar-refractivity contribution is -0.130. The van der Waals surface area contributed by atoms with Crippen LogP contribution in [0, 0.1) is 0 Å². The van der Waals surface area contributed by atoms with Crippen LogP contribution in [0.3, 0.4) is 0 Å². The number of aliphatic hydroxyl groups is 3. The fourth-order valence-corrected chi connectivity index (χ4v) is 4.50. The van der Waals surface area contributed by atoms with Crippen molar-refractivity contribution >= 4 is 23.6 Å². The lowest BCUT2D eigenvalue weighted by Crippen LogP contribution is -2.56.